The van der Waals surface area contributed by atoms with Gasteiger partial charge in [0.1, 0.15) is 0 Å². The standard InChI is InChI=1S/C29H24F6N2O6/c1-13-5-7-16(9-22(13)36-4)27(28(30,31)32,29(33,34)35)17-8-6-14(2)23(10-17)37-24(39)19-11-18(15(3)38)20(25(40)41)12-21(19)26(42)43/h5-12,36H,1-4H3,(H,37,39)(H,40,41)(H,42,43). The first-order valence-electron chi connectivity index (χ1n) is 12.3. The minimum atomic E-state index is -5.93. The van der Waals surface area contributed by atoms with Crippen LogP contribution in [0.25, 0.3) is 0 Å². The molecule has 3 aromatic carbocycles. The van der Waals surface area contributed by atoms with Gasteiger partial charge in [0.05, 0.1) is 16.7 Å². The molecule has 8 nitrogen and oxygen atoms in total. The molecule has 0 aliphatic rings. The number of carboxylic acids is 2. The molecule has 0 radical (unpaired) electrons. The van der Waals surface area contributed by atoms with Gasteiger partial charge >= 0.3 is 24.3 Å². The number of carboxylic acid groups (broad SMARTS) is 2. The van der Waals surface area contributed by atoms with E-state index >= 15 is 0 Å². The van der Waals surface area contributed by atoms with Gasteiger partial charge in [-0.1, -0.05) is 24.3 Å². The first-order valence-corrected chi connectivity index (χ1v) is 12.3. The van der Waals surface area contributed by atoms with Crippen LogP contribution in [-0.4, -0.2) is 53.2 Å². The van der Waals surface area contributed by atoms with Gasteiger partial charge in [0.2, 0.25) is 5.41 Å². The summed E-state index contributed by atoms with van der Waals surface area (Å²) in [5.41, 5.74) is -9.97. The van der Waals surface area contributed by atoms with E-state index in [1.807, 2.05) is 0 Å². The highest BCUT2D eigenvalue weighted by Gasteiger charge is 2.72. The van der Waals surface area contributed by atoms with Crippen LogP contribution in [0.1, 0.15) is 70.6 Å². The normalized spacial score (nSPS) is 12.0. The number of aromatic carboxylic acids is 2. The Bertz CT molecular complexity index is 1630. The van der Waals surface area contributed by atoms with Crippen LogP contribution < -0.4 is 10.6 Å². The van der Waals surface area contributed by atoms with Crippen molar-refractivity contribution in [3.05, 3.63) is 93.0 Å². The molecule has 0 saturated carbocycles. The number of anilines is 2. The van der Waals surface area contributed by atoms with Gasteiger partial charge in [-0.25, -0.2) is 9.59 Å². The molecule has 3 aromatic rings. The zero-order valence-corrected chi connectivity index (χ0v) is 22.9. The molecule has 0 aliphatic heterocycles. The third-order valence-electron chi connectivity index (χ3n) is 6.95. The molecule has 0 saturated heterocycles. The maximum atomic E-state index is 14.7. The van der Waals surface area contributed by atoms with Gasteiger partial charge < -0.3 is 20.8 Å². The largest absolute Gasteiger partial charge is 0.478 e. The molecule has 0 aliphatic carbocycles. The summed E-state index contributed by atoms with van der Waals surface area (Å²) in [6.07, 6.45) is -11.9. The molecule has 228 valence electrons. The number of amides is 1. The highest BCUT2D eigenvalue weighted by molar-refractivity contribution is 6.15. The number of hydrogen-bond acceptors (Lipinski definition) is 5. The van der Waals surface area contributed by atoms with E-state index < -0.39 is 80.5 Å². The number of hydrogen-bond donors (Lipinski definition) is 4. The van der Waals surface area contributed by atoms with Gasteiger partial charge in [-0.15, -0.1) is 0 Å². The van der Waals surface area contributed by atoms with Crippen molar-refractivity contribution < 1.29 is 55.7 Å². The van der Waals surface area contributed by atoms with E-state index in [4.69, 9.17) is 0 Å². The van der Waals surface area contributed by atoms with E-state index in [9.17, 15) is 55.7 Å². The third-order valence-corrected chi connectivity index (χ3v) is 6.95. The molecular formula is C29H24F6N2O6. The van der Waals surface area contributed by atoms with Crippen molar-refractivity contribution in [2.45, 2.75) is 38.5 Å². The number of carbonyl (C=O) groups is 4. The van der Waals surface area contributed by atoms with E-state index in [1.54, 1.807) is 0 Å². The number of carbonyl (C=O) groups excluding carboxylic acids is 2. The minimum Gasteiger partial charge on any atom is -0.478 e. The number of Topliss-reactive ketones (excluding diaryl/α,β-unsaturated/α-hetero) is 1. The summed E-state index contributed by atoms with van der Waals surface area (Å²) in [5, 5.41) is 23.6. The molecule has 3 rings (SSSR count). The van der Waals surface area contributed by atoms with Crippen molar-refractivity contribution in [2.24, 2.45) is 0 Å². The summed E-state index contributed by atoms with van der Waals surface area (Å²) in [6, 6.07) is 5.85. The van der Waals surface area contributed by atoms with Crippen LogP contribution in [0.4, 0.5) is 37.7 Å². The van der Waals surface area contributed by atoms with E-state index in [0.717, 1.165) is 25.1 Å². The summed E-state index contributed by atoms with van der Waals surface area (Å²) >= 11 is 0. The van der Waals surface area contributed by atoms with Crippen LogP contribution >= 0.6 is 0 Å². The van der Waals surface area contributed by atoms with Crippen LogP contribution in [0, 0.1) is 13.8 Å². The smallest absolute Gasteiger partial charge is 0.411 e. The molecule has 0 heterocycles. The predicted octanol–water partition coefficient (Wildman–Crippen LogP) is 6.61. The van der Waals surface area contributed by atoms with Crippen LogP contribution in [0.3, 0.4) is 0 Å². The predicted molar refractivity (Wildman–Crippen MR) is 143 cm³/mol. The second kappa shape index (κ2) is 11.4. The first kappa shape index (κ1) is 32.6. The molecule has 4 N–H and O–H groups in total. The van der Waals surface area contributed by atoms with Gasteiger partial charge in [-0.05, 0) is 67.3 Å². The molecule has 0 unspecified atom stereocenters. The summed E-state index contributed by atoms with van der Waals surface area (Å²) in [5.74, 6) is -5.62. The zero-order valence-electron chi connectivity index (χ0n) is 22.9. The highest BCUT2D eigenvalue weighted by atomic mass is 19.4. The first-order chi connectivity index (χ1) is 19.8. The lowest BCUT2D eigenvalue weighted by Crippen LogP contribution is -2.54. The summed E-state index contributed by atoms with van der Waals surface area (Å²) in [4.78, 5) is 48.6. The van der Waals surface area contributed by atoms with Gasteiger partial charge in [-0.2, -0.15) is 26.3 Å². The van der Waals surface area contributed by atoms with Gasteiger partial charge in [0.25, 0.3) is 5.91 Å². The fourth-order valence-corrected chi connectivity index (χ4v) is 4.72. The quantitative estimate of drug-likeness (QED) is 0.167. The monoisotopic (exact) mass is 610 g/mol. The zero-order chi connectivity index (χ0) is 32.7. The molecular weight excluding hydrogens is 586 g/mol. The number of aryl methyl sites for hydroxylation is 2. The lowest BCUT2D eigenvalue weighted by molar-refractivity contribution is -0.288. The fourth-order valence-electron chi connectivity index (χ4n) is 4.72. The molecule has 0 aromatic heterocycles. The van der Waals surface area contributed by atoms with Gasteiger partial charge in [0, 0.05) is 24.0 Å². The SMILES string of the molecule is CNc1cc(C(c2ccc(C)c(NC(=O)c3cc(C(C)=O)c(C(=O)O)cc3C(=O)O)c2)(C(F)(F)F)C(F)(F)F)ccc1C. The minimum absolute atomic E-state index is 0.0148. The molecule has 0 bridgehead atoms. The second-order valence-corrected chi connectivity index (χ2v) is 9.62. The second-order valence-electron chi connectivity index (χ2n) is 9.62. The number of rotatable bonds is 8. The van der Waals surface area contributed by atoms with Crippen molar-refractivity contribution in [1.29, 1.82) is 0 Å². The Morgan fingerprint density at radius 1 is 0.651 bits per heavy atom. The molecule has 0 fully saturated rings. The van der Waals surface area contributed by atoms with Crippen molar-refractivity contribution in [3.8, 4) is 0 Å². The van der Waals surface area contributed by atoms with Crippen LogP contribution in [-0.2, 0) is 5.41 Å². The maximum Gasteiger partial charge on any atom is 0.411 e. The third kappa shape index (κ3) is 5.76. The van der Waals surface area contributed by atoms with E-state index in [-0.39, 0.29) is 11.3 Å². The number of benzene rings is 3. The lowest BCUT2D eigenvalue weighted by Gasteiger charge is -2.39. The maximum absolute atomic E-state index is 14.7. The summed E-state index contributed by atoms with van der Waals surface area (Å²) in [7, 11) is 1.33. The summed E-state index contributed by atoms with van der Waals surface area (Å²) in [6.45, 7) is 3.72. The molecule has 14 heteroatoms. The van der Waals surface area contributed by atoms with Crippen molar-refractivity contribution in [3.63, 3.8) is 0 Å². The van der Waals surface area contributed by atoms with Crippen molar-refractivity contribution >= 4 is 35.0 Å². The van der Waals surface area contributed by atoms with E-state index in [1.165, 1.54) is 20.9 Å². The Morgan fingerprint density at radius 2 is 1.07 bits per heavy atom. The Labute approximate surface area is 240 Å². The van der Waals surface area contributed by atoms with Crippen molar-refractivity contribution in [1.82, 2.24) is 0 Å². The average molecular weight is 611 g/mol. The average Bonchev–Trinajstić information content (AvgIpc) is 2.88. The Kier molecular flexibility index (Phi) is 8.67. The fraction of sp³-hybridized carbons (Fsp3) is 0.241. The van der Waals surface area contributed by atoms with Crippen LogP contribution in [0.15, 0.2) is 48.5 Å². The van der Waals surface area contributed by atoms with Gasteiger partial charge in [-0.3, -0.25) is 9.59 Å². The highest BCUT2D eigenvalue weighted by Crippen LogP contribution is 2.57. The lowest BCUT2D eigenvalue weighted by atomic mass is 9.72. The number of ketones is 1. The summed E-state index contributed by atoms with van der Waals surface area (Å²) < 4.78 is 88.4. The topological polar surface area (TPSA) is 133 Å². The Balaban J connectivity index is 2.29. The molecule has 43 heavy (non-hydrogen) atoms. The molecule has 0 atom stereocenters. The molecule has 0 spiro atoms. The van der Waals surface area contributed by atoms with E-state index in [2.05, 4.69) is 10.6 Å². The van der Waals surface area contributed by atoms with Crippen LogP contribution in [0.2, 0.25) is 0 Å². The van der Waals surface area contributed by atoms with Crippen LogP contribution in [0.5, 0.6) is 0 Å². The van der Waals surface area contributed by atoms with Gasteiger partial charge in [0.15, 0.2) is 5.78 Å². The number of nitrogens with one attached hydrogen (secondary N) is 2. The van der Waals surface area contributed by atoms with E-state index in [0.29, 0.717) is 35.9 Å². The number of halogens is 6. The van der Waals surface area contributed by atoms with Crippen molar-refractivity contribution in [2.75, 3.05) is 17.7 Å². The number of alkyl halides is 6. The Hall–Kier alpha value is -4.88. The Morgan fingerprint density at radius 3 is 1.49 bits per heavy atom. The molecule has 1 amide bonds.